The van der Waals surface area contributed by atoms with E-state index in [-0.39, 0.29) is 101 Å². The van der Waals surface area contributed by atoms with Crippen LogP contribution in [0.5, 0.6) is 5.75 Å². The van der Waals surface area contributed by atoms with Gasteiger partial charge in [-0.05, 0) is 45.0 Å². The third kappa shape index (κ3) is 17.4. The number of nitrogens with two attached hydrogens (primary N) is 1. The molecule has 0 unspecified atom stereocenters. The summed E-state index contributed by atoms with van der Waals surface area (Å²) in [6.07, 6.45) is 1.98. The molecule has 1 aromatic carbocycles. The van der Waals surface area contributed by atoms with E-state index >= 15 is 0 Å². The number of amides is 8. The third-order valence-corrected chi connectivity index (χ3v) is 8.05. The highest BCUT2D eigenvalue weighted by molar-refractivity contribution is 6.13. The number of alkyl carbamates (subject to hydrolysis) is 1. The minimum atomic E-state index is -0.828. The molecule has 0 saturated carbocycles. The van der Waals surface area contributed by atoms with E-state index in [1.165, 1.54) is 13.1 Å². The fourth-order valence-corrected chi connectivity index (χ4v) is 5.26. The molecule has 1 aromatic rings. The molecule has 19 heteroatoms. The summed E-state index contributed by atoms with van der Waals surface area (Å²) >= 11 is 0. The third-order valence-electron chi connectivity index (χ3n) is 8.05. The van der Waals surface area contributed by atoms with Crippen LogP contribution < -0.4 is 37.1 Å². The van der Waals surface area contributed by atoms with Crippen LogP contribution in [-0.4, -0.2) is 130 Å². The summed E-state index contributed by atoms with van der Waals surface area (Å²) in [4.78, 5) is 101. The summed E-state index contributed by atoms with van der Waals surface area (Å²) in [7, 11) is 4.88. The Morgan fingerprint density at radius 3 is 2.27 bits per heavy atom. The number of carbonyl (C=O) groups excluding carboxylic acids is 8. The first-order valence-electron chi connectivity index (χ1n) is 17.9. The molecule has 19 nitrogen and oxygen atoms in total. The lowest BCUT2D eigenvalue weighted by molar-refractivity contribution is -0.137. The number of anilines is 1. The van der Waals surface area contributed by atoms with Gasteiger partial charge in [0.15, 0.2) is 5.78 Å². The normalized spacial score (nSPS) is 13.3. The number of rotatable bonds is 25. The molecular weight excluding hydrogens is 720 g/mol. The fraction of sp³-hybridized carbons (Fsp3) is 0.556. The second kappa shape index (κ2) is 24.0. The number of primary amides is 1. The first-order chi connectivity index (χ1) is 26.1. The number of nitrogens with zero attached hydrogens (tertiary/aromatic N) is 2. The van der Waals surface area contributed by atoms with Crippen LogP contribution in [0, 0.1) is 11.8 Å². The highest BCUT2D eigenvalue weighted by atomic mass is 16.6. The smallest absolute Gasteiger partial charge is 0.407 e. The number of hydrogen-bond donors (Lipinski definition) is 6. The summed E-state index contributed by atoms with van der Waals surface area (Å²) in [6.45, 7) is 4.17. The van der Waals surface area contributed by atoms with Gasteiger partial charge in [-0.2, -0.15) is 0 Å². The van der Waals surface area contributed by atoms with Crippen LogP contribution in [-0.2, 0) is 44.8 Å². The Hall–Kier alpha value is -5.56. The van der Waals surface area contributed by atoms with Crippen molar-refractivity contribution >= 4 is 53.1 Å². The first-order valence-corrected chi connectivity index (χ1v) is 17.9. The zero-order chi connectivity index (χ0) is 40.9. The molecule has 0 aromatic heterocycles. The van der Waals surface area contributed by atoms with Gasteiger partial charge in [0.25, 0.3) is 11.8 Å². The van der Waals surface area contributed by atoms with Crippen molar-refractivity contribution in [3.8, 4) is 5.75 Å². The van der Waals surface area contributed by atoms with Crippen LogP contribution in [0.4, 0.5) is 15.3 Å². The van der Waals surface area contributed by atoms with Crippen molar-refractivity contribution in [3.63, 3.8) is 0 Å². The molecule has 1 heterocycles. The minimum Gasteiger partial charge on any atom is -0.491 e. The Morgan fingerprint density at radius 2 is 1.64 bits per heavy atom. The summed E-state index contributed by atoms with van der Waals surface area (Å²) in [5.74, 6) is -3.18. The largest absolute Gasteiger partial charge is 0.491 e. The SMILES string of the molecule is CNC(=O)OCc1ccc(NC(=O)[C@H](CCCNC(N)=O)CC(=O)[C@@H](NC(=O)CN(C)C)C(C)C)cc1OCCOCCNC(=O)CCN1C(=O)C=CC1=O. The second-order valence-corrected chi connectivity index (χ2v) is 13.2. The van der Waals surface area contributed by atoms with Crippen molar-refractivity contribution in [2.45, 2.75) is 52.2 Å². The van der Waals surface area contributed by atoms with Crippen molar-refractivity contribution < 1.29 is 52.6 Å². The number of hydrogen-bond acceptors (Lipinski definition) is 12. The number of ketones is 1. The van der Waals surface area contributed by atoms with Crippen LogP contribution in [0.3, 0.4) is 0 Å². The van der Waals surface area contributed by atoms with Crippen LogP contribution >= 0.6 is 0 Å². The van der Waals surface area contributed by atoms with Gasteiger partial charge in [-0.15, -0.1) is 0 Å². The highest BCUT2D eigenvalue weighted by Crippen LogP contribution is 2.26. The van der Waals surface area contributed by atoms with Gasteiger partial charge in [-0.3, -0.25) is 33.7 Å². The molecule has 7 N–H and O–H groups in total. The maximum atomic E-state index is 13.7. The lowest BCUT2D eigenvalue weighted by atomic mass is 9.89. The van der Waals surface area contributed by atoms with Crippen molar-refractivity contribution in [1.82, 2.24) is 31.1 Å². The van der Waals surface area contributed by atoms with Crippen LogP contribution in [0.1, 0.15) is 45.1 Å². The monoisotopic (exact) mass is 774 g/mol. The molecule has 55 heavy (non-hydrogen) atoms. The zero-order valence-corrected chi connectivity index (χ0v) is 32.1. The summed E-state index contributed by atoms with van der Waals surface area (Å²) in [5.41, 5.74) is 5.99. The molecule has 0 fully saturated rings. The van der Waals surface area contributed by atoms with Crippen molar-refractivity contribution in [1.29, 1.82) is 0 Å². The molecule has 0 aliphatic carbocycles. The Kier molecular flexibility index (Phi) is 19.9. The van der Waals surface area contributed by atoms with E-state index in [1.807, 2.05) is 0 Å². The number of likely N-dealkylation sites (N-methyl/N-ethyl adjacent to an activating group) is 1. The van der Waals surface area contributed by atoms with Gasteiger partial charge in [0, 0.05) is 74.9 Å². The molecule has 0 bridgehead atoms. The average molecular weight is 775 g/mol. The van der Waals surface area contributed by atoms with E-state index < -0.39 is 41.8 Å². The van der Waals surface area contributed by atoms with E-state index in [0.29, 0.717) is 17.7 Å². The van der Waals surface area contributed by atoms with E-state index in [1.54, 1.807) is 45.0 Å². The lowest BCUT2D eigenvalue weighted by Gasteiger charge is -2.24. The van der Waals surface area contributed by atoms with E-state index in [9.17, 15) is 38.4 Å². The number of nitrogens with one attached hydrogen (secondary N) is 5. The van der Waals surface area contributed by atoms with E-state index in [2.05, 4.69) is 26.6 Å². The van der Waals surface area contributed by atoms with Crippen LogP contribution in [0.2, 0.25) is 0 Å². The highest BCUT2D eigenvalue weighted by Gasteiger charge is 2.30. The predicted molar refractivity (Wildman–Crippen MR) is 199 cm³/mol. The molecule has 1 aliphatic rings. The maximum Gasteiger partial charge on any atom is 0.407 e. The van der Waals surface area contributed by atoms with Gasteiger partial charge in [0.1, 0.15) is 19.0 Å². The molecule has 8 amide bonds. The number of Topliss-reactive ketones (excluding diaryl/α,β-unsaturated/α-hetero) is 1. The van der Waals surface area contributed by atoms with Gasteiger partial charge in [0.05, 0.1) is 25.8 Å². The van der Waals surface area contributed by atoms with Gasteiger partial charge < -0.3 is 51.4 Å². The van der Waals surface area contributed by atoms with Crippen molar-refractivity contribution in [2.24, 2.45) is 17.6 Å². The van der Waals surface area contributed by atoms with Gasteiger partial charge in [-0.1, -0.05) is 13.8 Å². The summed E-state index contributed by atoms with van der Waals surface area (Å²) in [5, 5.41) is 13.1. The van der Waals surface area contributed by atoms with Gasteiger partial charge >= 0.3 is 12.1 Å². The van der Waals surface area contributed by atoms with Crippen molar-refractivity contribution in [2.75, 3.05) is 72.5 Å². The van der Waals surface area contributed by atoms with Crippen LogP contribution in [0.25, 0.3) is 0 Å². The van der Waals surface area contributed by atoms with E-state index in [4.69, 9.17) is 19.9 Å². The average Bonchev–Trinajstić information content (AvgIpc) is 3.44. The quantitative estimate of drug-likeness (QED) is 0.0569. The molecular formula is C36H54N8O11. The Bertz CT molecular complexity index is 1530. The minimum absolute atomic E-state index is 0.0283. The lowest BCUT2D eigenvalue weighted by Crippen LogP contribution is -2.48. The Balaban J connectivity index is 2.05. The molecule has 0 radical (unpaired) electrons. The molecule has 0 spiro atoms. The van der Waals surface area contributed by atoms with Crippen molar-refractivity contribution in [3.05, 3.63) is 35.9 Å². The molecule has 2 rings (SSSR count). The van der Waals surface area contributed by atoms with Gasteiger partial charge in [0.2, 0.25) is 17.7 Å². The molecule has 304 valence electrons. The topological polar surface area (TPSA) is 257 Å². The van der Waals surface area contributed by atoms with E-state index in [0.717, 1.165) is 17.1 Å². The second-order valence-electron chi connectivity index (χ2n) is 13.2. The summed E-state index contributed by atoms with van der Waals surface area (Å²) < 4.78 is 16.7. The molecule has 0 saturated heterocycles. The molecule has 2 atom stereocenters. The summed E-state index contributed by atoms with van der Waals surface area (Å²) in [6, 6.07) is 3.20. The zero-order valence-electron chi connectivity index (χ0n) is 32.1. The van der Waals surface area contributed by atoms with Gasteiger partial charge in [-0.25, -0.2) is 9.59 Å². The number of urea groups is 1. The Labute approximate surface area is 320 Å². The van der Waals surface area contributed by atoms with Crippen LogP contribution in [0.15, 0.2) is 30.4 Å². The maximum absolute atomic E-state index is 13.7. The Morgan fingerprint density at radius 1 is 0.927 bits per heavy atom. The first kappa shape index (κ1) is 45.6. The fourth-order valence-electron chi connectivity index (χ4n) is 5.26. The number of ether oxygens (including phenoxy) is 3. The number of benzene rings is 1. The number of imide groups is 1. The predicted octanol–water partition coefficient (Wildman–Crippen LogP) is 0.0341. The standard InChI is InChI=1S/C36H54N8O11/c1-23(2)33(42-30(47)21-43(4)5)27(45)19-24(7-6-13-40-35(37)51)34(50)41-26-9-8-25(22-55-36(52)38-3)28(20-26)54-18-17-53-16-14-39-29(46)12-15-44-31(48)10-11-32(44)49/h8-11,20,23-24,33H,6-7,12-19,21-22H2,1-5H3,(H,38,52)(H,39,46)(H,41,50)(H,42,47)(H3,37,40,51)/t24-,33+/m1/s1. The molecule has 1 aliphatic heterocycles. The number of carbonyl (C=O) groups is 8.